The molecule has 2 unspecified atom stereocenters. The smallest absolute Gasteiger partial charge is 0.0911 e. The van der Waals surface area contributed by atoms with Gasteiger partial charge in [0.25, 0.3) is 0 Å². The number of hydrogen-bond donors (Lipinski definition) is 2. The molecular formula is C13H24N2S. The zero-order valence-electron chi connectivity index (χ0n) is 10.3. The Kier molecular flexibility index (Phi) is 3.83. The molecule has 0 spiro atoms. The van der Waals surface area contributed by atoms with E-state index in [4.69, 9.17) is 11.1 Å². The lowest BCUT2D eigenvalue weighted by molar-refractivity contribution is 0.393. The summed E-state index contributed by atoms with van der Waals surface area (Å²) in [6.07, 6.45) is 9.08. The summed E-state index contributed by atoms with van der Waals surface area (Å²) in [6.45, 7) is 2.38. The first kappa shape index (κ1) is 12.3. The lowest BCUT2D eigenvalue weighted by atomic mass is 9.91. The minimum Gasteiger partial charge on any atom is -0.388 e. The van der Waals surface area contributed by atoms with Crippen LogP contribution in [0, 0.1) is 16.7 Å². The average Bonchev–Trinajstić information content (AvgIpc) is 2.95. The molecule has 2 saturated carbocycles. The van der Waals surface area contributed by atoms with Crippen LogP contribution in [0.1, 0.15) is 51.9 Å². The van der Waals surface area contributed by atoms with Crippen molar-refractivity contribution < 1.29 is 0 Å². The maximum Gasteiger partial charge on any atom is 0.0911 e. The van der Waals surface area contributed by atoms with Crippen LogP contribution < -0.4 is 5.73 Å². The molecular weight excluding hydrogens is 216 g/mol. The van der Waals surface area contributed by atoms with E-state index in [2.05, 4.69) is 18.7 Å². The van der Waals surface area contributed by atoms with Gasteiger partial charge >= 0.3 is 0 Å². The number of nitrogens with one attached hydrogen (secondary N) is 1. The third-order valence-corrected chi connectivity index (χ3v) is 5.71. The summed E-state index contributed by atoms with van der Waals surface area (Å²) in [5, 5.41) is 8.30. The number of amidine groups is 1. The van der Waals surface area contributed by atoms with E-state index in [1.54, 1.807) is 0 Å². The van der Waals surface area contributed by atoms with Crippen LogP contribution >= 0.6 is 11.8 Å². The molecule has 0 saturated heterocycles. The number of hydrogen-bond acceptors (Lipinski definition) is 2. The summed E-state index contributed by atoms with van der Waals surface area (Å²) in [5.41, 5.74) is 5.95. The summed E-state index contributed by atoms with van der Waals surface area (Å²) in [6, 6.07) is 0. The van der Waals surface area contributed by atoms with Gasteiger partial charge in [0.15, 0.2) is 0 Å². The fraction of sp³-hybridized carbons (Fsp3) is 0.923. The summed E-state index contributed by atoms with van der Waals surface area (Å²) < 4.78 is 0. The highest BCUT2D eigenvalue weighted by molar-refractivity contribution is 7.99. The molecule has 0 heterocycles. The Morgan fingerprint density at radius 1 is 1.44 bits per heavy atom. The van der Waals surface area contributed by atoms with Crippen molar-refractivity contribution in [3.05, 3.63) is 0 Å². The summed E-state index contributed by atoms with van der Waals surface area (Å²) >= 11 is 2.16. The third kappa shape index (κ3) is 3.41. The maximum atomic E-state index is 7.41. The summed E-state index contributed by atoms with van der Waals surface area (Å²) in [5.74, 6) is 2.55. The highest BCUT2D eigenvalue weighted by Crippen LogP contribution is 2.52. The molecule has 16 heavy (non-hydrogen) atoms. The molecule has 92 valence electrons. The van der Waals surface area contributed by atoms with Crippen molar-refractivity contribution in [2.45, 2.75) is 57.1 Å². The third-order valence-electron chi connectivity index (χ3n) is 4.04. The van der Waals surface area contributed by atoms with Crippen molar-refractivity contribution in [2.75, 3.05) is 5.75 Å². The second-order valence-corrected chi connectivity index (χ2v) is 7.20. The Balaban J connectivity index is 1.72. The van der Waals surface area contributed by atoms with E-state index in [1.165, 1.54) is 44.3 Å². The Morgan fingerprint density at radius 3 is 2.75 bits per heavy atom. The largest absolute Gasteiger partial charge is 0.388 e. The quantitative estimate of drug-likeness (QED) is 0.571. The Bertz CT molecular complexity index is 261. The highest BCUT2D eigenvalue weighted by atomic mass is 32.2. The topological polar surface area (TPSA) is 49.9 Å². The fourth-order valence-corrected chi connectivity index (χ4v) is 4.56. The molecule has 2 aliphatic rings. The molecule has 2 nitrogen and oxygen atoms in total. The van der Waals surface area contributed by atoms with Gasteiger partial charge < -0.3 is 5.73 Å². The lowest BCUT2D eigenvalue weighted by Crippen LogP contribution is -2.21. The minimum atomic E-state index is 0.384. The van der Waals surface area contributed by atoms with Crippen molar-refractivity contribution in [1.29, 1.82) is 5.41 Å². The van der Waals surface area contributed by atoms with Crippen molar-refractivity contribution >= 4 is 17.6 Å². The van der Waals surface area contributed by atoms with Gasteiger partial charge in [-0.3, -0.25) is 5.41 Å². The molecule has 0 amide bonds. The lowest BCUT2D eigenvalue weighted by Gasteiger charge is -2.27. The molecule has 0 aromatic carbocycles. The van der Waals surface area contributed by atoms with Crippen LogP contribution in [-0.4, -0.2) is 16.8 Å². The van der Waals surface area contributed by atoms with Crippen molar-refractivity contribution in [3.8, 4) is 0 Å². The standard InChI is InChI=1S/C13H24N2S/c1-10-3-2-4-11(7-10)16-9-13(5-6-13)8-12(14)15/h10-11H,2-9H2,1H3,(H3,14,15). The van der Waals surface area contributed by atoms with Crippen LogP contribution in [0.4, 0.5) is 0 Å². The van der Waals surface area contributed by atoms with E-state index in [-0.39, 0.29) is 0 Å². The van der Waals surface area contributed by atoms with Crippen LogP contribution in [-0.2, 0) is 0 Å². The molecule has 3 N–H and O–H groups in total. The van der Waals surface area contributed by atoms with E-state index >= 15 is 0 Å². The summed E-state index contributed by atoms with van der Waals surface area (Å²) in [7, 11) is 0. The molecule has 0 aliphatic heterocycles. The first-order valence-electron chi connectivity index (χ1n) is 6.54. The predicted octanol–water partition coefficient (Wildman–Crippen LogP) is 3.40. The SMILES string of the molecule is CC1CCCC(SCC2(CC(=N)N)CC2)C1. The second kappa shape index (κ2) is 4.99. The van der Waals surface area contributed by atoms with Gasteiger partial charge in [0, 0.05) is 11.7 Å². The van der Waals surface area contributed by atoms with Gasteiger partial charge in [-0.1, -0.05) is 19.8 Å². The van der Waals surface area contributed by atoms with Crippen LogP contribution in [0.25, 0.3) is 0 Å². The molecule has 2 aliphatic carbocycles. The fourth-order valence-electron chi connectivity index (χ4n) is 2.78. The van der Waals surface area contributed by atoms with Crippen LogP contribution in [0.3, 0.4) is 0 Å². The zero-order valence-corrected chi connectivity index (χ0v) is 11.1. The molecule has 0 aromatic rings. The first-order valence-corrected chi connectivity index (χ1v) is 7.59. The average molecular weight is 240 g/mol. The highest BCUT2D eigenvalue weighted by Gasteiger charge is 2.43. The van der Waals surface area contributed by atoms with Crippen LogP contribution in [0.15, 0.2) is 0 Å². The second-order valence-electron chi connectivity index (χ2n) is 5.91. The van der Waals surface area contributed by atoms with Gasteiger partial charge in [-0.05, 0) is 42.8 Å². The van der Waals surface area contributed by atoms with E-state index in [0.717, 1.165) is 17.6 Å². The van der Waals surface area contributed by atoms with E-state index in [1.807, 2.05) is 0 Å². The Morgan fingerprint density at radius 2 is 2.19 bits per heavy atom. The van der Waals surface area contributed by atoms with Gasteiger partial charge in [0.2, 0.25) is 0 Å². The number of rotatable bonds is 5. The molecule has 2 atom stereocenters. The maximum absolute atomic E-state index is 7.41. The molecule has 0 bridgehead atoms. The molecule has 0 radical (unpaired) electrons. The predicted molar refractivity (Wildman–Crippen MR) is 72.1 cm³/mol. The summed E-state index contributed by atoms with van der Waals surface area (Å²) in [4.78, 5) is 0. The van der Waals surface area contributed by atoms with Crippen molar-refractivity contribution in [2.24, 2.45) is 17.1 Å². The first-order chi connectivity index (χ1) is 7.60. The number of thioether (sulfide) groups is 1. The van der Waals surface area contributed by atoms with Gasteiger partial charge in [-0.2, -0.15) is 11.8 Å². The van der Waals surface area contributed by atoms with Crippen LogP contribution in [0.2, 0.25) is 0 Å². The van der Waals surface area contributed by atoms with E-state index < -0.39 is 0 Å². The van der Waals surface area contributed by atoms with Crippen LogP contribution in [0.5, 0.6) is 0 Å². The van der Waals surface area contributed by atoms with E-state index in [9.17, 15) is 0 Å². The Hall–Kier alpha value is -0.180. The van der Waals surface area contributed by atoms with Crippen molar-refractivity contribution in [3.63, 3.8) is 0 Å². The van der Waals surface area contributed by atoms with E-state index in [0.29, 0.717) is 11.3 Å². The van der Waals surface area contributed by atoms with Gasteiger partial charge in [0.05, 0.1) is 5.84 Å². The zero-order chi connectivity index (χ0) is 11.6. The molecule has 3 heteroatoms. The Labute approximate surface area is 103 Å². The monoisotopic (exact) mass is 240 g/mol. The number of nitrogens with two attached hydrogens (primary N) is 1. The van der Waals surface area contributed by atoms with Gasteiger partial charge in [-0.25, -0.2) is 0 Å². The van der Waals surface area contributed by atoms with Gasteiger partial charge in [0.1, 0.15) is 0 Å². The van der Waals surface area contributed by atoms with Gasteiger partial charge in [-0.15, -0.1) is 0 Å². The molecule has 2 fully saturated rings. The minimum absolute atomic E-state index is 0.384. The van der Waals surface area contributed by atoms with Crippen molar-refractivity contribution in [1.82, 2.24) is 0 Å². The normalized spacial score (nSPS) is 32.3. The molecule has 0 aromatic heterocycles. The molecule has 2 rings (SSSR count).